The Balaban J connectivity index is 0. The first kappa shape index (κ1) is 13.3. The molecule has 0 atom stereocenters. The van der Waals surface area contributed by atoms with Gasteiger partial charge in [0.1, 0.15) is 0 Å². The van der Waals surface area contributed by atoms with Gasteiger partial charge >= 0.3 is 55.6 Å². The Morgan fingerprint density at radius 1 is 1.00 bits per heavy atom. The predicted molar refractivity (Wildman–Crippen MR) is 38.6 cm³/mol. The van der Waals surface area contributed by atoms with E-state index in [4.69, 9.17) is 45.5 Å². The van der Waals surface area contributed by atoms with Crippen LogP contribution in [0.1, 0.15) is 0 Å². The fourth-order valence-corrected chi connectivity index (χ4v) is 0. The van der Waals surface area contributed by atoms with Crippen LogP contribution < -0.4 is 0 Å². The fourth-order valence-electron chi connectivity index (χ4n) is 0. The summed E-state index contributed by atoms with van der Waals surface area (Å²) in [4.78, 5) is 18.2. The molecule has 8 heteroatoms. The average Bonchev–Trinajstić information content (AvgIpc) is 1.63. The third-order valence-electron chi connectivity index (χ3n) is 0.183. The molecule has 0 spiro atoms. The fraction of sp³-hybridized carbons (Fsp3) is 0. The van der Waals surface area contributed by atoms with Crippen molar-refractivity contribution in [3.63, 3.8) is 0 Å². The molecule has 0 aliphatic heterocycles. The first-order valence-electron chi connectivity index (χ1n) is 1.76. The van der Waals surface area contributed by atoms with Crippen LogP contribution in [0.2, 0.25) is 0 Å². The number of carboxylic acids is 2. The SMILES string of the molecule is O=C(O)C(=O)O.[Cl][In]([Cl])[Cl]. The van der Waals surface area contributed by atoms with Crippen molar-refractivity contribution < 1.29 is 19.8 Å². The van der Waals surface area contributed by atoms with Crippen molar-refractivity contribution in [1.82, 2.24) is 0 Å². The number of carboxylic acid groups (broad SMARTS) is 2. The van der Waals surface area contributed by atoms with Crippen molar-refractivity contribution in [2.24, 2.45) is 0 Å². The van der Waals surface area contributed by atoms with Gasteiger partial charge in [0.05, 0.1) is 0 Å². The van der Waals surface area contributed by atoms with E-state index in [2.05, 4.69) is 0 Å². The van der Waals surface area contributed by atoms with Gasteiger partial charge in [0.2, 0.25) is 0 Å². The van der Waals surface area contributed by atoms with Crippen LogP contribution in [0.4, 0.5) is 0 Å². The molecule has 0 unspecified atom stereocenters. The number of halogens is 3. The summed E-state index contributed by atoms with van der Waals surface area (Å²) in [6.07, 6.45) is 0. The molecule has 0 aliphatic rings. The van der Waals surface area contributed by atoms with Crippen LogP contribution in [0.25, 0.3) is 0 Å². The van der Waals surface area contributed by atoms with Crippen LogP contribution >= 0.6 is 25.7 Å². The normalized spacial score (nSPS) is 7.10. The van der Waals surface area contributed by atoms with Gasteiger partial charge < -0.3 is 10.2 Å². The van der Waals surface area contributed by atoms with Gasteiger partial charge in [-0.3, -0.25) is 0 Å². The molecular formula is C2H2Cl3InO4. The van der Waals surface area contributed by atoms with E-state index >= 15 is 0 Å². The molecule has 2 N–H and O–H groups in total. The van der Waals surface area contributed by atoms with Gasteiger partial charge in [0, 0.05) is 0 Å². The number of aliphatic carboxylic acids is 2. The standard InChI is InChI=1S/C2H2O4.3ClH.In/c3-1(4)2(5)6;;;;/h(H,3,4)(H,5,6);3*1H;/q;;;;+3/p-3. The molecule has 0 radical (unpaired) electrons. The summed E-state index contributed by atoms with van der Waals surface area (Å²) in [6.45, 7) is 0. The Morgan fingerprint density at radius 2 is 1.10 bits per heavy atom. The summed E-state index contributed by atoms with van der Waals surface area (Å²) in [5, 5.41) is 14.8. The van der Waals surface area contributed by atoms with Gasteiger partial charge in [-0.2, -0.15) is 0 Å². The van der Waals surface area contributed by atoms with Crippen LogP contribution in [0.5, 0.6) is 0 Å². The van der Waals surface area contributed by atoms with E-state index in [0.29, 0.717) is 0 Å². The number of hydrogen-bond donors (Lipinski definition) is 2. The molecule has 0 fully saturated rings. The molecule has 4 nitrogen and oxygen atoms in total. The van der Waals surface area contributed by atoms with Gasteiger partial charge in [-0.05, 0) is 0 Å². The maximum absolute atomic E-state index is 9.10. The molecule has 0 saturated heterocycles. The van der Waals surface area contributed by atoms with Gasteiger partial charge in [-0.1, -0.05) is 0 Å². The van der Waals surface area contributed by atoms with Crippen LogP contribution in [0.3, 0.4) is 0 Å². The van der Waals surface area contributed by atoms with Crippen molar-refractivity contribution in [2.75, 3.05) is 0 Å². The molecule has 0 amide bonds. The second-order valence-electron chi connectivity index (χ2n) is 0.858. The Morgan fingerprint density at radius 3 is 1.10 bits per heavy atom. The van der Waals surface area contributed by atoms with Gasteiger partial charge in [-0.15, -0.1) is 0 Å². The summed E-state index contributed by atoms with van der Waals surface area (Å²) in [6, 6.07) is 0. The Bertz CT molecular complexity index is 111. The number of rotatable bonds is 0. The minimum absolute atomic E-state index is 1.82. The zero-order valence-electron chi connectivity index (χ0n) is 4.42. The first-order valence-corrected chi connectivity index (χ1v) is 14.3. The van der Waals surface area contributed by atoms with Crippen LogP contribution in [-0.2, 0) is 9.59 Å². The summed E-state index contributed by atoms with van der Waals surface area (Å²) in [5.74, 6) is -3.65. The monoisotopic (exact) mass is 310 g/mol. The van der Waals surface area contributed by atoms with E-state index in [1.165, 1.54) is 0 Å². The van der Waals surface area contributed by atoms with Crippen LogP contribution in [0.15, 0.2) is 0 Å². The Labute approximate surface area is 74.9 Å². The van der Waals surface area contributed by atoms with Crippen LogP contribution in [-0.4, -0.2) is 40.0 Å². The third kappa shape index (κ3) is 23.4. The van der Waals surface area contributed by atoms with Crippen LogP contribution in [0, 0.1) is 0 Å². The predicted octanol–water partition coefficient (Wildman–Crippen LogP) is 0.843. The molecule has 0 saturated carbocycles. The van der Waals surface area contributed by atoms with E-state index in [0.717, 1.165) is 0 Å². The second kappa shape index (κ2) is 7.78. The molecule has 0 aromatic rings. The van der Waals surface area contributed by atoms with Crippen molar-refractivity contribution >= 4 is 55.6 Å². The first-order chi connectivity index (χ1) is 4.37. The molecule has 0 bridgehead atoms. The molecule has 0 rings (SSSR count). The Hall–Kier alpha value is 0.680. The quantitative estimate of drug-likeness (QED) is 0.650. The zero-order valence-corrected chi connectivity index (χ0v) is 9.99. The third-order valence-corrected chi connectivity index (χ3v) is 0.183. The topological polar surface area (TPSA) is 74.6 Å². The van der Waals surface area contributed by atoms with E-state index in [1.807, 2.05) is 0 Å². The van der Waals surface area contributed by atoms with E-state index < -0.39 is 29.8 Å². The van der Waals surface area contributed by atoms with Gasteiger partial charge in [-0.25, -0.2) is 9.59 Å². The molecule has 58 valence electrons. The van der Waals surface area contributed by atoms with Crippen molar-refractivity contribution in [1.29, 1.82) is 0 Å². The zero-order chi connectivity index (χ0) is 8.73. The summed E-state index contributed by atoms with van der Waals surface area (Å²) in [7, 11) is 15.0. The van der Waals surface area contributed by atoms with Crippen molar-refractivity contribution in [3.8, 4) is 0 Å². The Kier molecular flexibility index (Phi) is 10.3. The molecule has 0 heterocycles. The maximum atomic E-state index is 9.10. The number of carbonyl (C=O) groups is 2. The molecule has 0 aromatic heterocycles. The van der Waals surface area contributed by atoms with Gasteiger partial charge in [0.25, 0.3) is 0 Å². The molecule has 0 aliphatic carbocycles. The van der Waals surface area contributed by atoms with E-state index in [1.54, 1.807) is 0 Å². The van der Waals surface area contributed by atoms with Crippen molar-refractivity contribution in [3.05, 3.63) is 0 Å². The van der Waals surface area contributed by atoms with E-state index in [9.17, 15) is 0 Å². The van der Waals surface area contributed by atoms with Gasteiger partial charge in [0.15, 0.2) is 0 Å². The average molecular weight is 311 g/mol. The van der Waals surface area contributed by atoms with Crippen molar-refractivity contribution in [2.45, 2.75) is 0 Å². The van der Waals surface area contributed by atoms with E-state index in [-0.39, 0.29) is 0 Å². The molecule has 0 aromatic carbocycles. The second-order valence-corrected chi connectivity index (χ2v) is 15.5. The molecule has 10 heavy (non-hydrogen) atoms. The molecular weight excluding hydrogens is 309 g/mol. The number of hydrogen-bond acceptors (Lipinski definition) is 2. The summed E-state index contributed by atoms with van der Waals surface area (Å²) < 4.78 is 0. The minimum atomic E-state index is -2.22. The summed E-state index contributed by atoms with van der Waals surface area (Å²) in [5.41, 5.74) is 0. The summed E-state index contributed by atoms with van der Waals surface area (Å²) >= 11 is -2.22.